The molecule has 2 rings (SSSR count). The molecule has 74 valence electrons. The second-order valence-corrected chi connectivity index (χ2v) is 4.33. The molecule has 1 aromatic rings. The zero-order valence-electron chi connectivity index (χ0n) is 8.48. The van der Waals surface area contributed by atoms with Gasteiger partial charge in [0.2, 0.25) is 0 Å². The van der Waals surface area contributed by atoms with Gasteiger partial charge in [0.25, 0.3) is 0 Å². The third-order valence-electron chi connectivity index (χ3n) is 3.45. The number of aliphatic hydroxyl groups is 1. The SMILES string of the molecule is C=C[C@@H]1C[C@](C)(c2ccccc2)[C@H]1O. The van der Waals surface area contributed by atoms with Crippen LogP contribution in [0.15, 0.2) is 43.0 Å². The first-order valence-electron chi connectivity index (χ1n) is 5.04. The lowest BCUT2D eigenvalue weighted by Crippen LogP contribution is -2.53. The van der Waals surface area contributed by atoms with Crippen LogP contribution in [0.25, 0.3) is 0 Å². The minimum absolute atomic E-state index is 0.0693. The molecule has 1 heteroatoms. The van der Waals surface area contributed by atoms with Crippen molar-refractivity contribution >= 4 is 0 Å². The third-order valence-corrected chi connectivity index (χ3v) is 3.45. The van der Waals surface area contributed by atoms with Crippen molar-refractivity contribution in [3.05, 3.63) is 48.6 Å². The molecule has 0 saturated heterocycles. The molecule has 3 atom stereocenters. The van der Waals surface area contributed by atoms with Gasteiger partial charge in [-0.05, 0) is 12.0 Å². The largest absolute Gasteiger partial charge is 0.392 e. The van der Waals surface area contributed by atoms with Crippen LogP contribution in [0.2, 0.25) is 0 Å². The van der Waals surface area contributed by atoms with Crippen LogP contribution in [0.5, 0.6) is 0 Å². The van der Waals surface area contributed by atoms with E-state index in [4.69, 9.17) is 0 Å². The molecule has 0 radical (unpaired) electrons. The van der Waals surface area contributed by atoms with Crippen LogP contribution in [0.1, 0.15) is 18.9 Å². The Morgan fingerprint density at radius 3 is 2.57 bits per heavy atom. The van der Waals surface area contributed by atoms with Crippen molar-refractivity contribution in [1.82, 2.24) is 0 Å². The lowest BCUT2D eigenvalue weighted by Gasteiger charge is -2.49. The summed E-state index contributed by atoms with van der Waals surface area (Å²) in [6, 6.07) is 10.2. The molecule has 0 unspecified atom stereocenters. The molecule has 14 heavy (non-hydrogen) atoms. The lowest BCUT2D eigenvalue weighted by atomic mass is 9.57. The fraction of sp³-hybridized carbons (Fsp3) is 0.385. The summed E-state index contributed by atoms with van der Waals surface area (Å²) >= 11 is 0. The standard InChI is InChI=1S/C13H16O/c1-3-10-9-13(2,12(10)14)11-7-5-4-6-8-11/h3-8,10,12,14H,1,9H2,2H3/t10-,12+,13-/m1/s1. The summed E-state index contributed by atoms with van der Waals surface area (Å²) in [5, 5.41) is 10.0. The van der Waals surface area contributed by atoms with Crippen molar-refractivity contribution in [2.24, 2.45) is 5.92 Å². The summed E-state index contributed by atoms with van der Waals surface area (Å²) < 4.78 is 0. The first-order valence-corrected chi connectivity index (χ1v) is 5.04. The van der Waals surface area contributed by atoms with Gasteiger partial charge in [0.15, 0.2) is 0 Å². The van der Waals surface area contributed by atoms with E-state index in [1.54, 1.807) is 0 Å². The number of rotatable bonds is 2. The van der Waals surface area contributed by atoms with Gasteiger partial charge in [-0.3, -0.25) is 0 Å². The van der Waals surface area contributed by atoms with E-state index in [1.165, 1.54) is 5.56 Å². The van der Waals surface area contributed by atoms with Gasteiger partial charge in [0.05, 0.1) is 6.10 Å². The Bertz CT molecular complexity index is 330. The molecule has 1 fully saturated rings. The maximum Gasteiger partial charge on any atom is 0.0697 e. The summed E-state index contributed by atoms with van der Waals surface area (Å²) in [4.78, 5) is 0. The quantitative estimate of drug-likeness (QED) is 0.707. The molecule has 0 aliphatic heterocycles. The van der Waals surface area contributed by atoms with Crippen LogP contribution in [0, 0.1) is 5.92 Å². The van der Waals surface area contributed by atoms with Gasteiger partial charge in [0.1, 0.15) is 0 Å². The van der Waals surface area contributed by atoms with Crippen LogP contribution in [-0.2, 0) is 5.41 Å². The Morgan fingerprint density at radius 1 is 1.43 bits per heavy atom. The Morgan fingerprint density at radius 2 is 2.07 bits per heavy atom. The highest BCUT2D eigenvalue weighted by atomic mass is 16.3. The van der Waals surface area contributed by atoms with Crippen LogP contribution in [0.4, 0.5) is 0 Å². The van der Waals surface area contributed by atoms with Crippen LogP contribution in [-0.4, -0.2) is 11.2 Å². The summed E-state index contributed by atoms with van der Waals surface area (Å²) in [6.45, 7) is 5.85. The summed E-state index contributed by atoms with van der Waals surface area (Å²) in [5.74, 6) is 0.264. The van der Waals surface area contributed by atoms with Gasteiger partial charge < -0.3 is 5.11 Å². The highest BCUT2D eigenvalue weighted by Gasteiger charge is 2.49. The predicted octanol–water partition coefficient (Wildman–Crippen LogP) is 2.51. The van der Waals surface area contributed by atoms with Crippen molar-refractivity contribution in [1.29, 1.82) is 0 Å². The van der Waals surface area contributed by atoms with E-state index in [1.807, 2.05) is 24.3 Å². The van der Waals surface area contributed by atoms with Crippen LogP contribution >= 0.6 is 0 Å². The van der Waals surface area contributed by atoms with E-state index in [9.17, 15) is 5.11 Å². The molecule has 1 aromatic carbocycles. The van der Waals surface area contributed by atoms with Gasteiger partial charge in [-0.25, -0.2) is 0 Å². The van der Waals surface area contributed by atoms with Gasteiger partial charge >= 0.3 is 0 Å². The Hall–Kier alpha value is -1.08. The van der Waals surface area contributed by atoms with E-state index in [0.717, 1.165) is 6.42 Å². The highest BCUT2D eigenvalue weighted by Crippen LogP contribution is 2.47. The van der Waals surface area contributed by atoms with Crippen LogP contribution < -0.4 is 0 Å². The Labute approximate surface area is 85.1 Å². The smallest absolute Gasteiger partial charge is 0.0697 e. The topological polar surface area (TPSA) is 20.2 Å². The van der Waals surface area contributed by atoms with Crippen molar-refractivity contribution in [2.75, 3.05) is 0 Å². The molecule has 1 saturated carbocycles. The normalized spacial score (nSPS) is 36.1. The fourth-order valence-corrected chi connectivity index (χ4v) is 2.35. The monoisotopic (exact) mass is 188 g/mol. The lowest BCUT2D eigenvalue weighted by molar-refractivity contribution is -0.0370. The third kappa shape index (κ3) is 1.20. The molecule has 1 N–H and O–H groups in total. The Balaban J connectivity index is 2.24. The van der Waals surface area contributed by atoms with E-state index in [0.29, 0.717) is 0 Å². The van der Waals surface area contributed by atoms with Gasteiger partial charge in [-0.15, -0.1) is 6.58 Å². The number of hydrogen-bond donors (Lipinski definition) is 1. The molecule has 1 aliphatic rings. The van der Waals surface area contributed by atoms with E-state index < -0.39 is 0 Å². The number of aliphatic hydroxyl groups excluding tert-OH is 1. The molecule has 0 amide bonds. The molecular weight excluding hydrogens is 172 g/mol. The van der Waals surface area contributed by atoms with Crippen molar-refractivity contribution in [2.45, 2.75) is 24.9 Å². The summed E-state index contributed by atoms with van der Waals surface area (Å²) in [5.41, 5.74) is 1.16. The minimum Gasteiger partial charge on any atom is -0.392 e. The fourth-order valence-electron chi connectivity index (χ4n) is 2.35. The van der Waals surface area contributed by atoms with Gasteiger partial charge in [-0.1, -0.05) is 43.3 Å². The van der Waals surface area contributed by atoms with E-state index in [2.05, 4.69) is 25.6 Å². The predicted molar refractivity (Wildman–Crippen MR) is 58.1 cm³/mol. The summed E-state index contributed by atoms with van der Waals surface area (Å²) in [7, 11) is 0. The number of benzene rings is 1. The zero-order chi connectivity index (χ0) is 10.2. The van der Waals surface area contributed by atoms with Crippen molar-refractivity contribution in [3.63, 3.8) is 0 Å². The first-order chi connectivity index (χ1) is 6.68. The second-order valence-electron chi connectivity index (χ2n) is 4.33. The van der Waals surface area contributed by atoms with E-state index >= 15 is 0 Å². The second kappa shape index (κ2) is 3.25. The summed E-state index contributed by atoms with van der Waals surface area (Å²) in [6.07, 6.45) is 2.58. The average molecular weight is 188 g/mol. The minimum atomic E-state index is -0.276. The van der Waals surface area contributed by atoms with Crippen molar-refractivity contribution in [3.8, 4) is 0 Å². The van der Waals surface area contributed by atoms with E-state index in [-0.39, 0.29) is 17.4 Å². The molecule has 1 nitrogen and oxygen atoms in total. The zero-order valence-corrected chi connectivity index (χ0v) is 8.48. The molecule has 0 heterocycles. The molecule has 0 bridgehead atoms. The molecule has 0 aromatic heterocycles. The molecule has 0 spiro atoms. The van der Waals surface area contributed by atoms with Crippen LogP contribution in [0.3, 0.4) is 0 Å². The van der Waals surface area contributed by atoms with Gasteiger partial charge in [0, 0.05) is 11.3 Å². The number of hydrogen-bond acceptors (Lipinski definition) is 1. The maximum absolute atomic E-state index is 10.0. The molecule has 1 aliphatic carbocycles. The average Bonchev–Trinajstić information content (AvgIpc) is 2.26. The van der Waals surface area contributed by atoms with Gasteiger partial charge in [-0.2, -0.15) is 0 Å². The highest BCUT2D eigenvalue weighted by molar-refractivity contribution is 5.31. The van der Waals surface area contributed by atoms with Crippen molar-refractivity contribution < 1.29 is 5.11 Å². The Kier molecular flexibility index (Phi) is 2.20. The first kappa shape index (κ1) is 9.47. The maximum atomic E-state index is 10.0. The molecular formula is C13H16O.